The summed E-state index contributed by atoms with van der Waals surface area (Å²) < 4.78 is 34.4. The first kappa shape index (κ1) is 90.0. The summed E-state index contributed by atoms with van der Waals surface area (Å²) in [5.41, 5.74) is 0. The molecular formula is C82H156NO8P. The SMILES string of the molecule is CCCCCCC/C=C\C/C=C\C/C=C\CCCCCCCCCCCCCCCCCCC(=O)OC(COC(=O)CCCCCCCCCCCCCCCCCCCCCCCCCCC/C=C\CCCCCCCCCC)COP(=O)([O-])OCC[N+](C)(C)C. The lowest BCUT2D eigenvalue weighted by Gasteiger charge is -2.28. The number of allylic oxidation sites excluding steroid dienone is 8. The highest BCUT2D eigenvalue weighted by molar-refractivity contribution is 7.45. The Labute approximate surface area is 573 Å². The van der Waals surface area contributed by atoms with Crippen LogP contribution in [0.5, 0.6) is 0 Å². The quantitative estimate of drug-likeness (QED) is 0.0195. The van der Waals surface area contributed by atoms with E-state index in [1.54, 1.807) is 0 Å². The molecule has 0 aliphatic rings. The normalized spacial score (nSPS) is 13.2. The highest BCUT2D eigenvalue weighted by atomic mass is 31.2. The second-order valence-corrected chi connectivity index (χ2v) is 30.2. The van der Waals surface area contributed by atoms with Gasteiger partial charge in [0, 0.05) is 12.8 Å². The topological polar surface area (TPSA) is 111 Å². The predicted molar refractivity (Wildman–Crippen MR) is 397 cm³/mol. The van der Waals surface area contributed by atoms with Crippen molar-refractivity contribution >= 4 is 19.8 Å². The number of carbonyl (C=O) groups excluding carboxylic acids is 2. The van der Waals surface area contributed by atoms with Crippen molar-refractivity contribution in [1.29, 1.82) is 0 Å². The first-order valence-corrected chi connectivity index (χ1v) is 41.8. The molecule has 0 bridgehead atoms. The molecule has 10 heteroatoms. The minimum absolute atomic E-state index is 0.0286. The second kappa shape index (κ2) is 73.2. The number of phosphoric ester groups is 1. The minimum Gasteiger partial charge on any atom is -0.756 e. The highest BCUT2D eigenvalue weighted by Crippen LogP contribution is 2.38. The Morgan fingerprint density at radius 1 is 0.337 bits per heavy atom. The van der Waals surface area contributed by atoms with Crippen molar-refractivity contribution in [3.8, 4) is 0 Å². The molecule has 2 atom stereocenters. The third kappa shape index (κ3) is 77.0. The van der Waals surface area contributed by atoms with Gasteiger partial charge in [-0.05, 0) is 77.0 Å². The number of ether oxygens (including phenoxy) is 2. The van der Waals surface area contributed by atoms with Gasteiger partial charge in [-0.3, -0.25) is 14.2 Å². The number of hydrogen-bond donors (Lipinski definition) is 0. The monoisotopic (exact) mass is 1310 g/mol. The van der Waals surface area contributed by atoms with E-state index in [9.17, 15) is 19.0 Å². The van der Waals surface area contributed by atoms with Gasteiger partial charge in [-0.15, -0.1) is 0 Å². The molecule has 0 N–H and O–H groups in total. The van der Waals surface area contributed by atoms with Gasteiger partial charge in [-0.1, -0.05) is 371 Å². The van der Waals surface area contributed by atoms with E-state index in [1.807, 2.05) is 21.1 Å². The molecule has 0 aliphatic carbocycles. The zero-order valence-corrected chi connectivity index (χ0v) is 62.9. The van der Waals surface area contributed by atoms with Gasteiger partial charge in [0.25, 0.3) is 7.82 Å². The lowest BCUT2D eigenvalue weighted by atomic mass is 10.0. The molecule has 0 spiro atoms. The third-order valence-electron chi connectivity index (χ3n) is 18.3. The zero-order valence-electron chi connectivity index (χ0n) is 62.0. The molecule has 0 saturated heterocycles. The molecule has 542 valence electrons. The molecule has 0 aromatic rings. The lowest BCUT2D eigenvalue weighted by molar-refractivity contribution is -0.870. The van der Waals surface area contributed by atoms with Gasteiger partial charge in [-0.2, -0.15) is 0 Å². The first-order chi connectivity index (χ1) is 45.0. The molecule has 0 amide bonds. The summed E-state index contributed by atoms with van der Waals surface area (Å²) in [5.74, 6) is -0.811. The molecule has 0 aliphatic heterocycles. The smallest absolute Gasteiger partial charge is 0.306 e. The van der Waals surface area contributed by atoms with Gasteiger partial charge < -0.3 is 27.9 Å². The van der Waals surface area contributed by atoms with E-state index in [4.69, 9.17) is 18.5 Å². The number of quaternary nitrogens is 1. The Morgan fingerprint density at radius 3 is 0.880 bits per heavy atom. The van der Waals surface area contributed by atoms with Gasteiger partial charge in [0.1, 0.15) is 19.8 Å². The van der Waals surface area contributed by atoms with E-state index in [0.29, 0.717) is 17.4 Å². The van der Waals surface area contributed by atoms with Crippen molar-refractivity contribution in [3.05, 3.63) is 48.6 Å². The predicted octanol–water partition coefficient (Wildman–Crippen LogP) is 26.1. The Kier molecular flexibility index (Phi) is 71.6. The van der Waals surface area contributed by atoms with Crippen LogP contribution in [0.3, 0.4) is 0 Å². The summed E-state index contributed by atoms with van der Waals surface area (Å²) in [6.45, 7) is 4.30. The maximum Gasteiger partial charge on any atom is 0.306 e. The van der Waals surface area contributed by atoms with Crippen molar-refractivity contribution in [2.24, 2.45) is 0 Å². The van der Waals surface area contributed by atoms with Gasteiger partial charge in [0.05, 0.1) is 27.7 Å². The minimum atomic E-state index is -4.64. The van der Waals surface area contributed by atoms with Crippen LogP contribution in [0.4, 0.5) is 0 Å². The fraction of sp³-hybridized carbons (Fsp3) is 0.878. The molecule has 0 saturated carbocycles. The maximum absolute atomic E-state index is 12.9. The Morgan fingerprint density at radius 2 is 0.587 bits per heavy atom. The molecule has 92 heavy (non-hydrogen) atoms. The van der Waals surface area contributed by atoms with Crippen LogP contribution >= 0.6 is 7.82 Å². The summed E-state index contributed by atoms with van der Waals surface area (Å²) in [5, 5.41) is 0. The van der Waals surface area contributed by atoms with Crippen molar-refractivity contribution in [2.45, 2.75) is 418 Å². The summed E-state index contributed by atoms with van der Waals surface area (Å²) in [6, 6.07) is 0. The van der Waals surface area contributed by atoms with Crippen molar-refractivity contribution in [1.82, 2.24) is 0 Å². The van der Waals surface area contributed by atoms with E-state index in [2.05, 4.69) is 62.5 Å². The molecule has 0 radical (unpaired) electrons. The summed E-state index contributed by atoms with van der Waals surface area (Å²) in [6.07, 6.45) is 96.7. The number of unbranched alkanes of at least 4 members (excludes halogenated alkanes) is 54. The van der Waals surface area contributed by atoms with Crippen LogP contribution in [0.2, 0.25) is 0 Å². The number of hydrogen-bond acceptors (Lipinski definition) is 8. The van der Waals surface area contributed by atoms with Crippen LogP contribution in [0.15, 0.2) is 48.6 Å². The van der Waals surface area contributed by atoms with E-state index in [0.717, 1.165) is 51.4 Å². The zero-order chi connectivity index (χ0) is 66.9. The molecule has 2 unspecified atom stereocenters. The summed E-state index contributed by atoms with van der Waals surface area (Å²) in [4.78, 5) is 38.2. The fourth-order valence-electron chi connectivity index (χ4n) is 12.1. The number of phosphoric acid groups is 1. The van der Waals surface area contributed by atoms with E-state index in [-0.39, 0.29) is 32.0 Å². The molecule has 0 aromatic heterocycles. The van der Waals surface area contributed by atoms with E-state index >= 15 is 0 Å². The average Bonchev–Trinajstić information content (AvgIpc) is 2.14. The van der Waals surface area contributed by atoms with Crippen molar-refractivity contribution in [3.63, 3.8) is 0 Å². The van der Waals surface area contributed by atoms with Crippen molar-refractivity contribution < 1.29 is 42.1 Å². The molecule has 0 aromatic carbocycles. The van der Waals surface area contributed by atoms with Crippen LogP contribution in [0, 0.1) is 0 Å². The number of nitrogens with zero attached hydrogens (tertiary/aromatic N) is 1. The van der Waals surface area contributed by atoms with Crippen LogP contribution in [0.1, 0.15) is 412 Å². The van der Waals surface area contributed by atoms with Crippen LogP contribution < -0.4 is 4.89 Å². The first-order valence-electron chi connectivity index (χ1n) is 40.3. The van der Waals surface area contributed by atoms with E-state index in [1.165, 1.54) is 327 Å². The summed E-state index contributed by atoms with van der Waals surface area (Å²) in [7, 11) is 1.19. The molecule has 9 nitrogen and oxygen atoms in total. The molecule has 0 rings (SSSR count). The van der Waals surface area contributed by atoms with Crippen LogP contribution in [-0.4, -0.2) is 70.0 Å². The summed E-state index contributed by atoms with van der Waals surface area (Å²) >= 11 is 0. The largest absolute Gasteiger partial charge is 0.756 e. The third-order valence-corrected chi connectivity index (χ3v) is 19.3. The van der Waals surface area contributed by atoms with Gasteiger partial charge in [-0.25, -0.2) is 0 Å². The Balaban J connectivity index is 3.91. The fourth-order valence-corrected chi connectivity index (χ4v) is 12.9. The van der Waals surface area contributed by atoms with Crippen LogP contribution in [-0.2, 0) is 32.7 Å². The lowest BCUT2D eigenvalue weighted by Crippen LogP contribution is -2.37. The number of carbonyl (C=O) groups is 2. The standard InChI is InChI=1S/C82H156NO8P/c1-6-8-10-12-14-16-18-20-22-24-26-28-30-32-34-36-38-39-40-41-42-43-45-46-48-50-52-54-56-58-60-62-64-66-68-70-72-74-81(84)88-78-80(79-90-92(86,87)89-77-76-83(3,4)5)91-82(85)75-73-71-69-67-65-63-61-59-57-55-53-51-49-47-44-37-35-33-31-29-27-25-23-21-19-17-15-13-11-9-7-2/h19,21,24-27,31,33,80H,6-18,20,22-23,28-30,32,34-79H2,1-5H3/b21-19-,26-24-,27-25-,33-31-. The second-order valence-electron chi connectivity index (χ2n) is 28.8. The molecule has 0 heterocycles. The molecule has 0 fully saturated rings. The van der Waals surface area contributed by atoms with Crippen molar-refractivity contribution in [2.75, 3.05) is 47.5 Å². The van der Waals surface area contributed by atoms with Gasteiger partial charge in [0.2, 0.25) is 0 Å². The maximum atomic E-state index is 12.9. The van der Waals surface area contributed by atoms with E-state index < -0.39 is 26.5 Å². The van der Waals surface area contributed by atoms with Gasteiger partial charge in [0.15, 0.2) is 6.10 Å². The average molecular weight is 1320 g/mol. The van der Waals surface area contributed by atoms with Gasteiger partial charge >= 0.3 is 11.9 Å². The number of esters is 2. The molecular weight excluding hydrogens is 1160 g/mol. The highest BCUT2D eigenvalue weighted by Gasteiger charge is 2.22. The number of likely N-dealkylation sites (N-methyl/N-ethyl adjacent to an activating group) is 1. The Hall–Kier alpha value is -2.03. The number of rotatable bonds is 76. The van der Waals surface area contributed by atoms with Crippen LogP contribution in [0.25, 0.3) is 0 Å². The Bertz CT molecular complexity index is 1690.